The standard InChI is InChI=1S/C24H25N3O2.ClH/c1-18-11-13-19(14-12-18)15-26-22-9-5-6-10-23(22)27(24(26)25)16-20(28)17-29-21-7-3-2-4-8-21;/h2-14,20,25,28H,15-17H2,1H3;1H/p-1. The second-order valence-corrected chi connectivity index (χ2v) is 7.27. The molecular weight excluding hydrogens is 398 g/mol. The Morgan fingerprint density at radius 2 is 1.47 bits per heavy atom. The van der Waals surface area contributed by atoms with E-state index in [-0.39, 0.29) is 19.0 Å². The van der Waals surface area contributed by atoms with Crippen LogP contribution in [0, 0.1) is 12.3 Å². The van der Waals surface area contributed by atoms with Gasteiger partial charge in [-0.1, -0.05) is 60.2 Å². The number of rotatable bonds is 7. The number of imidazole rings is 1. The largest absolute Gasteiger partial charge is 1.00 e. The SMILES string of the molecule is Cc1ccc(Cn2c(=N)n(CC(O)COc3ccccc3)c3ccccc32)cc1.[Cl-]. The van der Waals surface area contributed by atoms with Crippen LogP contribution in [0.3, 0.4) is 0 Å². The highest BCUT2D eigenvalue weighted by Crippen LogP contribution is 2.16. The Kier molecular flexibility index (Phi) is 6.98. The van der Waals surface area contributed by atoms with Crippen LogP contribution < -0.4 is 22.8 Å². The number of aromatic nitrogens is 2. The van der Waals surface area contributed by atoms with Crippen molar-refractivity contribution >= 4 is 11.0 Å². The van der Waals surface area contributed by atoms with E-state index in [2.05, 4.69) is 31.2 Å². The molecule has 5 nitrogen and oxygen atoms in total. The van der Waals surface area contributed by atoms with Gasteiger partial charge in [-0.3, -0.25) is 5.41 Å². The lowest BCUT2D eigenvalue weighted by Gasteiger charge is -2.13. The Labute approximate surface area is 182 Å². The first-order valence-electron chi connectivity index (χ1n) is 9.76. The number of aliphatic hydroxyl groups excluding tert-OH is 1. The Morgan fingerprint density at radius 3 is 2.13 bits per heavy atom. The molecule has 1 atom stereocenters. The third kappa shape index (κ3) is 4.75. The first-order chi connectivity index (χ1) is 14.1. The summed E-state index contributed by atoms with van der Waals surface area (Å²) in [4.78, 5) is 0. The summed E-state index contributed by atoms with van der Waals surface area (Å²) in [6.45, 7) is 3.15. The van der Waals surface area contributed by atoms with E-state index in [9.17, 15) is 5.11 Å². The first-order valence-corrected chi connectivity index (χ1v) is 9.76. The number of nitrogens with zero attached hydrogens (tertiary/aromatic N) is 2. The van der Waals surface area contributed by atoms with E-state index in [1.54, 1.807) is 0 Å². The maximum atomic E-state index is 10.5. The minimum absolute atomic E-state index is 0. The zero-order valence-electron chi connectivity index (χ0n) is 16.8. The molecule has 1 aromatic heterocycles. The van der Waals surface area contributed by atoms with E-state index in [0.717, 1.165) is 22.3 Å². The number of benzene rings is 3. The maximum absolute atomic E-state index is 10.5. The van der Waals surface area contributed by atoms with Gasteiger partial charge in [-0.15, -0.1) is 0 Å². The molecule has 2 N–H and O–H groups in total. The van der Waals surface area contributed by atoms with Gasteiger partial charge in [0.25, 0.3) is 0 Å². The van der Waals surface area contributed by atoms with Crippen molar-refractivity contribution in [1.29, 1.82) is 5.41 Å². The van der Waals surface area contributed by atoms with Gasteiger partial charge in [0.15, 0.2) is 0 Å². The fourth-order valence-electron chi connectivity index (χ4n) is 3.49. The van der Waals surface area contributed by atoms with Crippen molar-refractivity contribution in [2.75, 3.05) is 6.61 Å². The molecule has 0 saturated carbocycles. The van der Waals surface area contributed by atoms with Crippen LogP contribution >= 0.6 is 0 Å². The van der Waals surface area contributed by atoms with Gasteiger partial charge in [0.2, 0.25) is 5.62 Å². The number of ether oxygens (including phenoxy) is 1. The Morgan fingerprint density at radius 1 is 0.867 bits per heavy atom. The van der Waals surface area contributed by atoms with E-state index >= 15 is 0 Å². The zero-order valence-corrected chi connectivity index (χ0v) is 17.6. The molecule has 0 aliphatic carbocycles. The summed E-state index contributed by atoms with van der Waals surface area (Å²) in [6.07, 6.45) is -0.720. The molecule has 0 amide bonds. The van der Waals surface area contributed by atoms with Crippen molar-refractivity contribution in [2.24, 2.45) is 0 Å². The van der Waals surface area contributed by atoms with Gasteiger partial charge in [-0.05, 0) is 36.8 Å². The number of hydrogen-bond acceptors (Lipinski definition) is 3. The molecule has 0 radical (unpaired) electrons. The number of aliphatic hydroxyl groups is 1. The summed E-state index contributed by atoms with van der Waals surface area (Å²) in [5, 5.41) is 19.3. The summed E-state index contributed by atoms with van der Waals surface area (Å²) in [7, 11) is 0. The average Bonchev–Trinajstić information content (AvgIpc) is 3.00. The molecule has 6 heteroatoms. The van der Waals surface area contributed by atoms with E-state index in [1.165, 1.54) is 5.56 Å². The smallest absolute Gasteiger partial charge is 0.203 e. The van der Waals surface area contributed by atoms with Crippen molar-refractivity contribution in [1.82, 2.24) is 9.13 Å². The normalized spacial score (nSPS) is 11.8. The molecule has 3 aromatic carbocycles. The predicted octanol–water partition coefficient (Wildman–Crippen LogP) is 0.723. The molecule has 0 saturated heterocycles. The molecule has 0 bridgehead atoms. The van der Waals surface area contributed by atoms with Crippen LogP contribution in [-0.4, -0.2) is 27.0 Å². The molecule has 4 rings (SSSR count). The minimum atomic E-state index is -0.720. The Balaban J connectivity index is 0.00000256. The second kappa shape index (κ2) is 9.65. The third-order valence-corrected chi connectivity index (χ3v) is 5.01. The Bertz CT molecular complexity index is 1150. The second-order valence-electron chi connectivity index (χ2n) is 7.27. The van der Waals surface area contributed by atoms with E-state index in [1.807, 2.05) is 63.7 Å². The fraction of sp³-hybridized carbons (Fsp3) is 0.208. The summed E-state index contributed by atoms with van der Waals surface area (Å²) in [5.41, 5.74) is 4.64. The summed E-state index contributed by atoms with van der Waals surface area (Å²) in [6, 6.07) is 25.8. The van der Waals surface area contributed by atoms with Crippen LogP contribution in [-0.2, 0) is 13.1 Å². The van der Waals surface area contributed by atoms with Crippen LogP contribution in [0.25, 0.3) is 11.0 Å². The fourth-order valence-corrected chi connectivity index (χ4v) is 3.49. The van der Waals surface area contributed by atoms with Crippen LogP contribution in [0.5, 0.6) is 5.75 Å². The number of nitrogens with one attached hydrogen (secondary N) is 1. The van der Waals surface area contributed by atoms with Gasteiger partial charge in [-0.2, -0.15) is 0 Å². The highest BCUT2D eigenvalue weighted by molar-refractivity contribution is 5.76. The molecule has 0 fully saturated rings. The molecule has 1 heterocycles. The lowest BCUT2D eigenvalue weighted by Crippen LogP contribution is -3.00. The summed E-state index contributed by atoms with van der Waals surface area (Å²) in [5.74, 6) is 0.726. The highest BCUT2D eigenvalue weighted by Gasteiger charge is 2.14. The van der Waals surface area contributed by atoms with Crippen LogP contribution in [0.2, 0.25) is 0 Å². The minimum Gasteiger partial charge on any atom is -1.00 e. The summed E-state index contributed by atoms with van der Waals surface area (Å²) >= 11 is 0. The molecule has 0 spiro atoms. The Hall–Kier alpha value is -3.02. The molecular formula is C24H25ClN3O2-. The van der Waals surface area contributed by atoms with Gasteiger partial charge in [0, 0.05) is 0 Å². The van der Waals surface area contributed by atoms with E-state index in [4.69, 9.17) is 10.1 Å². The maximum Gasteiger partial charge on any atom is 0.203 e. The van der Waals surface area contributed by atoms with Gasteiger partial charge in [0.05, 0.1) is 24.1 Å². The molecule has 4 aromatic rings. The van der Waals surface area contributed by atoms with Crippen molar-refractivity contribution in [2.45, 2.75) is 26.1 Å². The number of aryl methyl sites for hydroxylation is 1. The molecule has 0 aliphatic heterocycles. The molecule has 0 aliphatic rings. The lowest BCUT2D eigenvalue weighted by atomic mass is 10.1. The monoisotopic (exact) mass is 422 g/mol. The van der Waals surface area contributed by atoms with Crippen molar-refractivity contribution in [3.8, 4) is 5.75 Å². The average molecular weight is 423 g/mol. The number of para-hydroxylation sites is 3. The lowest BCUT2D eigenvalue weighted by molar-refractivity contribution is -0.00000812. The molecule has 156 valence electrons. The molecule has 30 heavy (non-hydrogen) atoms. The molecule has 1 unspecified atom stereocenters. The zero-order chi connectivity index (χ0) is 20.2. The topological polar surface area (TPSA) is 63.2 Å². The number of fused-ring (bicyclic) bond motifs is 1. The van der Waals surface area contributed by atoms with Crippen LogP contribution in [0.15, 0.2) is 78.9 Å². The van der Waals surface area contributed by atoms with Gasteiger partial charge in [-0.25, -0.2) is 0 Å². The van der Waals surface area contributed by atoms with Gasteiger partial charge in [0.1, 0.15) is 18.5 Å². The highest BCUT2D eigenvalue weighted by atomic mass is 35.5. The van der Waals surface area contributed by atoms with Gasteiger partial charge < -0.3 is 31.4 Å². The number of halogens is 1. The quantitative estimate of drug-likeness (QED) is 0.461. The first kappa shape index (κ1) is 21.7. The van der Waals surface area contributed by atoms with Crippen LogP contribution in [0.1, 0.15) is 11.1 Å². The third-order valence-electron chi connectivity index (χ3n) is 5.01. The summed E-state index contributed by atoms with van der Waals surface area (Å²) < 4.78 is 9.50. The van der Waals surface area contributed by atoms with Crippen molar-refractivity contribution in [3.63, 3.8) is 0 Å². The van der Waals surface area contributed by atoms with Crippen molar-refractivity contribution in [3.05, 3.63) is 95.6 Å². The van der Waals surface area contributed by atoms with Gasteiger partial charge >= 0.3 is 0 Å². The number of hydrogen-bond donors (Lipinski definition) is 2. The van der Waals surface area contributed by atoms with Crippen molar-refractivity contribution < 1.29 is 22.3 Å². The predicted molar refractivity (Wildman–Crippen MR) is 114 cm³/mol. The van der Waals surface area contributed by atoms with E-state index in [0.29, 0.717) is 18.7 Å². The van der Waals surface area contributed by atoms with E-state index < -0.39 is 6.10 Å². The van der Waals surface area contributed by atoms with Crippen LogP contribution in [0.4, 0.5) is 0 Å².